The first-order valence-electron chi connectivity index (χ1n) is 10.2. The van der Waals surface area contributed by atoms with Crippen LogP contribution < -0.4 is 10.3 Å². The number of rotatable bonds is 8. The second kappa shape index (κ2) is 10.1. The van der Waals surface area contributed by atoms with Crippen LogP contribution in [0.25, 0.3) is 12.2 Å². The molecule has 0 saturated heterocycles. The summed E-state index contributed by atoms with van der Waals surface area (Å²) in [6.45, 7) is 2.84. The number of hydrazone groups is 1. The molecule has 1 aliphatic heterocycles. The fraction of sp³-hybridized carbons (Fsp3) is 0.182. The summed E-state index contributed by atoms with van der Waals surface area (Å²) in [6.07, 6.45) is 2.00. The molecule has 0 saturated carbocycles. The van der Waals surface area contributed by atoms with Crippen LogP contribution in [0, 0.1) is 0 Å². The van der Waals surface area contributed by atoms with E-state index in [4.69, 9.17) is 0 Å². The van der Waals surface area contributed by atoms with E-state index in [1.807, 2.05) is 0 Å². The van der Waals surface area contributed by atoms with Crippen LogP contribution in [-0.4, -0.2) is 49.3 Å². The Labute approximate surface area is 206 Å². The monoisotopic (exact) mass is 535 g/mol. The van der Waals surface area contributed by atoms with E-state index in [2.05, 4.69) is 10.4 Å². The fourth-order valence-electron chi connectivity index (χ4n) is 3.36. The van der Waals surface area contributed by atoms with E-state index in [9.17, 15) is 40.3 Å². The molecule has 2 aromatic rings. The predicted molar refractivity (Wildman–Crippen MR) is 131 cm³/mol. The number of nitrogens with zero attached hydrogens (tertiary/aromatic N) is 2. The third-order valence-corrected chi connectivity index (χ3v) is 6.68. The summed E-state index contributed by atoms with van der Waals surface area (Å²) < 4.78 is 67.2. The van der Waals surface area contributed by atoms with Gasteiger partial charge in [0.15, 0.2) is 0 Å². The highest BCUT2D eigenvalue weighted by atomic mass is 32.2. The third kappa shape index (κ3) is 6.48. The highest BCUT2D eigenvalue weighted by molar-refractivity contribution is 7.86. The quantitative estimate of drug-likeness (QED) is 0.259. The Hall–Kier alpha value is -3.72. The number of ketones is 1. The van der Waals surface area contributed by atoms with Crippen LogP contribution in [0.15, 0.2) is 51.3 Å². The summed E-state index contributed by atoms with van der Waals surface area (Å²) in [5, 5.41) is 7.38. The van der Waals surface area contributed by atoms with Crippen molar-refractivity contribution < 1.29 is 40.3 Å². The molecule has 12 nitrogen and oxygen atoms in total. The maximum absolute atomic E-state index is 12.1. The minimum atomic E-state index is -4.78. The van der Waals surface area contributed by atoms with Crippen LogP contribution in [0.4, 0.5) is 11.4 Å². The third-order valence-electron chi connectivity index (χ3n) is 4.86. The average Bonchev–Trinajstić information content (AvgIpc) is 3.08. The molecule has 36 heavy (non-hydrogen) atoms. The first-order chi connectivity index (χ1) is 16.6. The van der Waals surface area contributed by atoms with E-state index in [1.165, 1.54) is 43.3 Å². The molecule has 0 aliphatic carbocycles. The van der Waals surface area contributed by atoms with Crippen LogP contribution in [-0.2, 0) is 34.6 Å². The number of benzene rings is 2. The number of Topliss-reactive ketones (excluding diaryl/α,β-unsaturated/α-hetero) is 1. The van der Waals surface area contributed by atoms with Gasteiger partial charge in [-0.1, -0.05) is 24.3 Å². The van der Waals surface area contributed by atoms with Gasteiger partial charge < -0.3 is 5.32 Å². The molecule has 0 fully saturated rings. The van der Waals surface area contributed by atoms with Crippen LogP contribution in [0.1, 0.15) is 37.8 Å². The van der Waals surface area contributed by atoms with Gasteiger partial charge in [0.05, 0.1) is 18.5 Å². The van der Waals surface area contributed by atoms with Crippen LogP contribution in [0.2, 0.25) is 0 Å². The summed E-state index contributed by atoms with van der Waals surface area (Å²) in [4.78, 5) is 33.8. The predicted octanol–water partition coefficient (Wildman–Crippen LogP) is 2.38. The lowest BCUT2D eigenvalue weighted by Crippen LogP contribution is -2.20. The van der Waals surface area contributed by atoms with Crippen molar-refractivity contribution in [3.05, 3.63) is 47.5 Å². The number of anilines is 2. The molecule has 1 heterocycles. The van der Waals surface area contributed by atoms with Gasteiger partial charge in [-0.3, -0.25) is 23.5 Å². The Kier molecular flexibility index (Phi) is 7.54. The van der Waals surface area contributed by atoms with Gasteiger partial charge >= 0.3 is 0 Å². The average molecular weight is 536 g/mol. The van der Waals surface area contributed by atoms with E-state index < -0.39 is 48.1 Å². The first-order valence-corrected chi connectivity index (χ1v) is 13.1. The number of hydrogen-bond donors (Lipinski definition) is 3. The molecule has 0 radical (unpaired) electrons. The van der Waals surface area contributed by atoms with E-state index in [-0.39, 0.29) is 34.8 Å². The van der Waals surface area contributed by atoms with Crippen LogP contribution >= 0.6 is 0 Å². The minimum absolute atomic E-state index is 0.000122. The molecular weight excluding hydrogens is 514 g/mol. The van der Waals surface area contributed by atoms with Crippen LogP contribution in [0.3, 0.4) is 0 Å². The van der Waals surface area contributed by atoms with E-state index in [1.54, 1.807) is 6.92 Å². The lowest BCUT2D eigenvalue weighted by molar-refractivity contribution is -0.124. The number of amides is 2. The van der Waals surface area contributed by atoms with Gasteiger partial charge in [0, 0.05) is 11.4 Å². The summed E-state index contributed by atoms with van der Waals surface area (Å²) in [7, 11) is -9.55. The van der Waals surface area contributed by atoms with E-state index in [0.29, 0.717) is 5.71 Å². The van der Waals surface area contributed by atoms with Crippen molar-refractivity contribution in [3.8, 4) is 0 Å². The second-order valence-electron chi connectivity index (χ2n) is 7.90. The summed E-state index contributed by atoms with van der Waals surface area (Å²) in [5.41, 5.74) is 0.512. The van der Waals surface area contributed by atoms with Crippen molar-refractivity contribution in [3.63, 3.8) is 0 Å². The smallest absolute Gasteiger partial charge is 0.295 e. The zero-order chi connectivity index (χ0) is 26.8. The second-order valence-corrected chi connectivity index (χ2v) is 10.7. The summed E-state index contributed by atoms with van der Waals surface area (Å²) >= 11 is 0. The van der Waals surface area contributed by atoms with E-state index in [0.717, 1.165) is 17.1 Å². The number of carbonyl (C=O) groups excluding carboxylic acids is 3. The molecule has 190 valence electrons. The largest absolute Gasteiger partial charge is 0.326 e. The molecule has 2 amide bonds. The highest BCUT2D eigenvalue weighted by Crippen LogP contribution is 2.29. The molecule has 0 spiro atoms. The SMILES string of the molecule is CC(=O)CC(=O)Nc1ccc(/C=C/c2ccc(N3N=C(C)CC3=O)cc2S(=O)(=O)O)c(S(=O)(=O)O)c1. The van der Waals surface area contributed by atoms with Crippen molar-refractivity contribution in [1.29, 1.82) is 0 Å². The molecule has 2 aromatic carbocycles. The van der Waals surface area contributed by atoms with Crippen molar-refractivity contribution in [2.75, 3.05) is 10.3 Å². The maximum atomic E-state index is 12.1. The molecule has 14 heteroatoms. The Balaban J connectivity index is 2.01. The number of hydrogen-bond acceptors (Lipinski definition) is 8. The molecule has 0 unspecified atom stereocenters. The van der Waals surface area contributed by atoms with Crippen LogP contribution in [0.5, 0.6) is 0 Å². The lowest BCUT2D eigenvalue weighted by atomic mass is 10.1. The Morgan fingerprint density at radius 3 is 2.06 bits per heavy atom. The molecule has 0 bridgehead atoms. The molecule has 0 aromatic heterocycles. The van der Waals surface area contributed by atoms with Crippen molar-refractivity contribution in [2.45, 2.75) is 36.5 Å². The standard InChI is InChI=1S/C22H21N3O9S2/c1-13-9-22(28)25(24-13)18-8-6-16(20(12-18)36(32,33)34)4-3-15-5-7-17(11-19(15)35(29,30)31)23-21(27)10-14(2)26/h3-8,11-12H,9-10H2,1-2H3,(H,23,27)(H,29,30,31)(H,32,33,34)/b4-3+. The molecule has 3 N–H and O–H groups in total. The van der Waals surface area contributed by atoms with Gasteiger partial charge in [0.1, 0.15) is 15.6 Å². The Morgan fingerprint density at radius 1 is 1.00 bits per heavy atom. The van der Waals surface area contributed by atoms with Gasteiger partial charge in [-0.05, 0) is 49.2 Å². The summed E-state index contributed by atoms with van der Waals surface area (Å²) in [5.74, 6) is -1.47. The van der Waals surface area contributed by atoms with Crippen molar-refractivity contribution in [2.24, 2.45) is 5.10 Å². The van der Waals surface area contributed by atoms with Gasteiger partial charge in [0.2, 0.25) is 5.91 Å². The van der Waals surface area contributed by atoms with Gasteiger partial charge in [-0.2, -0.15) is 21.9 Å². The number of carbonyl (C=O) groups is 3. The Morgan fingerprint density at radius 2 is 1.56 bits per heavy atom. The van der Waals surface area contributed by atoms with E-state index >= 15 is 0 Å². The highest BCUT2D eigenvalue weighted by Gasteiger charge is 2.25. The fourth-order valence-corrected chi connectivity index (χ4v) is 4.77. The lowest BCUT2D eigenvalue weighted by Gasteiger charge is -2.14. The minimum Gasteiger partial charge on any atom is -0.326 e. The molecular formula is C22H21N3O9S2. The molecule has 3 rings (SSSR count). The van der Waals surface area contributed by atoms with Crippen molar-refractivity contribution in [1.82, 2.24) is 0 Å². The zero-order valence-electron chi connectivity index (χ0n) is 19.0. The van der Waals surface area contributed by atoms with Gasteiger partial charge in [-0.15, -0.1) is 0 Å². The number of nitrogens with one attached hydrogen (secondary N) is 1. The molecule has 1 aliphatic rings. The van der Waals surface area contributed by atoms with Gasteiger partial charge in [-0.25, -0.2) is 5.01 Å². The summed E-state index contributed by atoms with van der Waals surface area (Å²) in [6, 6.07) is 7.26. The Bertz CT molecular complexity index is 1540. The molecule has 0 atom stereocenters. The zero-order valence-corrected chi connectivity index (χ0v) is 20.6. The topological polar surface area (TPSA) is 188 Å². The first kappa shape index (κ1) is 26.9. The maximum Gasteiger partial charge on any atom is 0.295 e. The normalized spacial score (nSPS) is 14.3. The van der Waals surface area contributed by atoms with Crippen molar-refractivity contribution >= 4 is 67.1 Å². The van der Waals surface area contributed by atoms with Gasteiger partial charge in [0.25, 0.3) is 26.1 Å².